The smallest absolute Gasteiger partial charge is 0.270 e. The Hall–Kier alpha value is -3.22. The van der Waals surface area contributed by atoms with E-state index >= 15 is 0 Å². The van der Waals surface area contributed by atoms with E-state index in [0.717, 1.165) is 5.56 Å². The van der Waals surface area contributed by atoms with Gasteiger partial charge in [-0.05, 0) is 17.5 Å². The SMILES string of the molecule is CC(=O)N1N=C(c2cccc([N+](=O)[O-])c2)OC1c1ccc(C(C)C)cc1. The second kappa shape index (κ2) is 6.95. The van der Waals surface area contributed by atoms with Gasteiger partial charge in [-0.2, -0.15) is 5.01 Å². The summed E-state index contributed by atoms with van der Waals surface area (Å²) < 4.78 is 5.88. The van der Waals surface area contributed by atoms with Crippen molar-refractivity contribution in [3.8, 4) is 0 Å². The molecule has 2 aromatic carbocycles. The summed E-state index contributed by atoms with van der Waals surface area (Å²) in [5.41, 5.74) is 2.36. The number of amides is 1. The Kier molecular flexibility index (Phi) is 4.71. The average Bonchev–Trinajstić information content (AvgIpc) is 3.07. The number of benzene rings is 2. The van der Waals surface area contributed by atoms with Gasteiger partial charge >= 0.3 is 0 Å². The van der Waals surface area contributed by atoms with Crippen LogP contribution in [0.3, 0.4) is 0 Å². The van der Waals surface area contributed by atoms with Crippen LogP contribution in [0, 0.1) is 10.1 Å². The molecule has 134 valence electrons. The predicted molar refractivity (Wildman–Crippen MR) is 96.5 cm³/mol. The van der Waals surface area contributed by atoms with Gasteiger partial charge in [0.1, 0.15) is 0 Å². The van der Waals surface area contributed by atoms with Crippen molar-refractivity contribution < 1.29 is 14.5 Å². The minimum absolute atomic E-state index is 0.0621. The number of carbonyl (C=O) groups excluding carboxylic acids is 1. The fraction of sp³-hybridized carbons (Fsp3) is 0.263. The summed E-state index contributed by atoms with van der Waals surface area (Å²) in [7, 11) is 0. The molecule has 1 aliphatic heterocycles. The molecule has 7 nitrogen and oxygen atoms in total. The Morgan fingerprint density at radius 1 is 1.23 bits per heavy atom. The Morgan fingerprint density at radius 3 is 2.50 bits per heavy atom. The molecule has 0 aliphatic carbocycles. The lowest BCUT2D eigenvalue weighted by Gasteiger charge is -2.19. The fourth-order valence-corrected chi connectivity index (χ4v) is 2.70. The van der Waals surface area contributed by atoms with Crippen LogP contribution in [0.15, 0.2) is 53.6 Å². The molecule has 0 radical (unpaired) electrons. The highest BCUT2D eigenvalue weighted by Gasteiger charge is 2.33. The molecule has 0 aromatic heterocycles. The van der Waals surface area contributed by atoms with Crippen LogP contribution in [0.4, 0.5) is 5.69 Å². The van der Waals surface area contributed by atoms with E-state index in [0.29, 0.717) is 11.5 Å². The third-order valence-corrected chi connectivity index (χ3v) is 4.16. The predicted octanol–water partition coefficient (Wildman–Crippen LogP) is 3.96. The molecule has 26 heavy (non-hydrogen) atoms. The number of rotatable bonds is 4. The lowest BCUT2D eigenvalue weighted by Crippen LogP contribution is -2.25. The molecule has 1 aliphatic rings. The van der Waals surface area contributed by atoms with Gasteiger partial charge in [-0.25, -0.2) is 0 Å². The van der Waals surface area contributed by atoms with E-state index in [4.69, 9.17) is 4.74 Å². The summed E-state index contributed by atoms with van der Waals surface area (Å²) >= 11 is 0. The molecule has 3 rings (SSSR count). The lowest BCUT2D eigenvalue weighted by atomic mass is 10.0. The summed E-state index contributed by atoms with van der Waals surface area (Å²) in [6, 6.07) is 13.8. The molecular formula is C19H19N3O4. The molecule has 1 heterocycles. The van der Waals surface area contributed by atoms with Crippen molar-refractivity contribution in [1.82, 2.24) is 5.01 Å². The maximum atomic E-state index is 12.0. The number of nitrogens with zero attached hydrogens (tertiary/aromatic N) is 3. The van der Waals surface area contributed by atoms with Crippen LogP contribution in [0.2, 0.25) is 0 Å². The first-order valence-electron chi connectivity index (χ1n) is 8.26. The first-order chi connectivity index (χ1) is 12.4. The maximum Gasteiger partial charge on any atom is 0.270 e. The van der Waals surface area contributed by atoms with Gasteiger partial charge in [-0.3, -0.25) is 14.9 Å². The number of ether oxygens (including phenoxy) is 1. The monoisotopic (exact) mass is 353 g/mol. The second-order valence-electron chi connectivity index (χ2n) is 6.37. The zero-order valence-electron chi connectivity index (χ0n) is 14.7. The van der Waals surface area contributed by atoms with Crippen LogP contribution in [0.25, 0.3) is 0 Å². The highest BCUT2D eigenvalue weighted by atomic mass is 16.6. The molecule has 7 heteroatoms. The van der Waals surface area contributed by atoms with Crippen LogP contribution < -0.4 is 0 Å². The van der Waals surface area contributed by atoms with Crippen LogP contribution in [-0.2, 0) is 9.53 Å². The van der Waals surface area contributed by atoms with E-state index < -0.39 is 11.2 Å². The van der Waals surface area contributed by atoms with Gasteiger partial charge in [-0.1, -0.05) is 44.2 Å². The van der Waals surface area contributed by atoms with Gasteiger partial charge in [-0.15, -0.1) is 5.10 Å². The molecule has 1 amide bonds. The number of non-ortho nitro benzene ring substituents is 1. The Bertz CT molecular complexity index is 875. The molecule has 0 N–H and O–H groups in total. The second-order valence-corrected chi connectivity index (χ2v) is 6.37. The lowest BCUT2D eigenvalue weighted by molar-refractivity contribution is -0.384. The standard InChI is InChI=1S/C19H19N3O4/c1-12(2)14-7-9-15(10-8-14)19-21(13(3)23)20-18(26-19)16-5-4-6-17(11-16)22(24)25/h4-12,19H,1-3H3. The molecule has 0 saturated carbocycles. The normalized spacial score (nSPS) is 16.4. The largest absolute Gasteiger partial charge is 0.446 e. The van der Waals surface area contributed by atoms with Crippen molar-refractivity contribution in [1.29, 1.82) is 0 Å². The van der Waals surface area contributed by atoms with E-state index in [2.05, 4.69) is 18.9 Å². The summed E-state index contributed by atoms with van der Waals surface area (Å²) in [6.45, 7) is 5.61. The third-order valence-electron chi connectivity index (χ3n) is 4.16. The highest BCUT2D eigenvalue weighted by Crippen LogP contribution is 2.31. The van der Waals surface area contributed by atoms with Gasteiger partial charge in [0, 0.05) is 30.2 Å². The van der Waals surface area contributed by atoms with E-state index in [9.17, 15) is 14.9 Å². The van der Waals surface area contributed by atoms with Crippen LogP contribution >= 0.6 is 0 Å². The molecule has 0 spiro atoms. The highest BCUT2D eigenvalue weighted by molar-refractivity contribution is 5.96. The fourth-order valence-electron chi connectivity index (χ4n) is 2.70. The number of nitro groups is 1. The zero-order valence-corrected chi connectivity index (χ0v) is 14.7. The van der Waals surface area contributed by atoms with Crippen molar-refractivity contribution in [2.75, 3.05) is 0 Å². The van der Waals surface area contributed by atoms with E-state index in [1.807, 2.05) is 24.3 Å². The molecule has 1 unspecified atom stereocenters. The van der Waals surface area contributed by atoms with E-state index in [1.54, 1.807) is 12.1 Å². The molecule has 0 saturated heterocycles. The Morgan fingerprint density at radius 2 is 1.92 bits per heavy atom. The molecular weight excluding hydrogens is 334 g/mol. The first-order valence-corrected chi connectivity index (χ1v) is 8.26. The van der Waals surface area contributed by atoms with E-state index in [1.165, 1.54) is 29.6 Å². The average molecular weight is 353 g/mol. The number of hydrogen-bond donors (Lipinski definition) is 0. The molecule has 0 fully saturated rings. The van der Waals surface area contributed by atoms with Crippen molar-refractivity contribution in [2.45, 2.75) is 32.9 Å². The van der Waals surface area contributed by atoms with Crippen LogP contribution in [-0.4, -0.2) is 21.7 Å². The summed E-state index contributed by atoms with van der Waals surface area (Å²) in [5.74, 6) is 0.305. The van der Waals surface area contributed by atoms with Crippen molar-refractivity contribution in [3.05, 3.63) is 75.3 Å². The topological polar surface area (TPSA) is 85.0 Å². The van der Waals surface area contributed by atoms with Gasteiger partial charge < -0.3 is 4.74 Å². The summed E-state index contributed by atoms with van der Waals surface area (Å²) in [5, 5.41) is 16.5. The van der Waals surface area contributed by atoms with Crippen molar-refractivity contribution in [3.63, 3.8) is 0 Å². The minimum Gasteiger partial charge on any atom is -0.446 e. The van der Waals surface area contributed by atoms with Crippen molar-refractivity contribution in [2.24, 2.45) is 5.10 Å². The van der Waals surface area contributed by atoms with Gasteiger partial charge in [0.2, 0.25) is 18.0 Å². The third kappa shape index (κ3) is 3.42. The zero-order chi connectivity index (χ0) is 18.8. The quantitative estimate of drug-likeness (QED) is 0.615. The Balaban J connectivity index is 1.92. The number of hydrogen-bond acceptors (Lipinski definition) is 5. The Labute approximate surface area is 151 Å². The van der Waals surface area contributed by atoms with E-state index in [-0.39, 0.29) is 17.5 Å². The molecule has 2 aromatic rings. The summed E-state index contributed by atoms with van der Waals surface area (Å²) in [6.07, 6.45) is -0.692. The van der Waals surface area contributed by atoms with Crippen LogP contribution in [0.5, 0.6) is 0 Å². The maximum absolute atomic E-state index is 12.0. The first kappa shape index (κ1) is 17.6. The molecule has 1 atom stereocenters. The van der Waals surface area contributed by atoms with Crippen LogP contribution in [0.1, 0.15) is 49.6 Å². The van der Waals surface area contributed by atoms with Gasteiger partial charge in [0.25, 0.3) is 5.69 Å². The molecule has 0 bridgehead atoms. The van der Waals surface area contributed by atoms with Gasteiger partial charge in [0.15, 0.2) is 0 Å². The number of hydrazone groups is 1. The minimum atomic E-state index is -0.692. The summed E-state index contributed by atoms with van der Waals surface area (Å²) in [4.78, 5) is 22.5. The van der Waals surface area contributed by atoms with Crippen molar-refractivity contribution >= 4 is 17.5 Å². The number of carbonyl (C=O) groups is 1. The number of nitro benzene ring substituents is 1. The van der Waals surface area contributed by atoms with Gasteiger partial charge in [0.05, 0.1) is 4.92 Å².